The Morgan fingerprint density at radius 1 is 1.11 bits per heavy atom. The fourth-order valence-electron chi connectivity index (χ4n) is 6.36. The molecule has 1 aliphatic heterocycles. The maximum absolute atomic E-state index is 13.3. The van der Waals surface area contributed by atoms with Crippen LogP contribution in [-0.2, 0) is 14.3 Å². The number of carboxylic acids is 1. The lowest BCUT2D eigenvalue weighted by molar-refractivity contribution is -0.149. The highest BCUT2D eigenvalue weighted by atomic mass is 16.5. The molecule has 2 aromatic carbocycles. The molecule has 0 unspecified atom stereocenters. The van der Waals surface area contributed by atoms with Crippen molar-refractivity contribution in [2.75, 3.05) is 19.7 Å². The average molecular weight is 477 g/mol. The Labute approximate surface area is 205 Å². The number of alkyl carbamates (subject to hydrolysis) is 1. The molecule has 0 aromatic heterocycles. The summed E-state index contributed by atoms with van der Waals surface area (Å²) in [5.74, 6) is -1.09. The van der Waals surface area contributed by atoms with Crippen molar-refractivity contribution in [3.8, 4) is 11.1 Å². The molecular formula is C28H32N2O5. The molecule has 3 atom stereocenters. The van der Waals surface area contributed by atoms with Crippen LogP contribution in [0.1, 0.15) is 56.1 Å². The second-order valence-electron chi connectivity index (χ2n) is 10.1. The van der Waals surface area contributed by atoms with Crippen molar-refractivity contribution in [3.63, 3.8) is 0 Å². The molecule has 1 heterocycles. The van der Waals surface area contributed by atoms with Crippen molar-refractivity contribution < 1.29 is 24.2 Å². The van der Waals surface area contributed by atoms with Gasteiger partial charge in [-0.15, -0.1) is 0 Å². The summed E-state index contributed by atoms with van der Waals surface area (Å²) in [6.07, 6.45) is 2.88. The number of amides is 2. The lowest BCUT2D eigenvalue weighted by atomic mass is 9.81. The predicted molar refractivity (Wildman–Crippen MR) is 131 cm³/mol. The Balaban J connectivity index is 1.24. The number of ether oxygens (including phenoxy) is 1. The number of hydrogen-bond acceptors (Lipinski definition) is 4. The zero-order chi connectivity index (χ0) is 24.6. The summed E-state index contributed by atoms with van der Waals surface area (Å²) in [7, 11) is 0. The van der Waals surface area contributed by atoms with Gasteiger partial charge in [-0.05, 0) is 47.4 Å². The molecule has 0 bridgehead atoms. The SMILES string of the molecule is CCC[C@H](NC(=O)OCC1c2ccccc2-c2ccccc21)C(=O)N1C[C@H]2CCC[C@@]2(C(=O)O)C1. The van der Waals surface area contributed by atoms with E-state index in [0.29, 0.717) is 25.8 Å². The summed E-state index contributed by atoms with van der Waals surface area (Å²) in [5.41, 5.74) is 3.73. The first-order chi connectivity index (χ1) is 16.9. The number of carbonyl (C=O) groups is 3. The van der Waals surface area contributed by atoms with E-state index in [0.717, 1.165) is 35.1 Å². The van der Waals surface area contributed by atoms with Gasteiger partial charge in [0.2, 0.25) is 5.91 Å². The molecule has 0 radical (unpaired) electrons. The number of benzene rings is 2. The van der Waals surface area contributed by atoms with E-state index in [1.54, 1.807) is 4.90 Å². The third kappa shape index (κ3) is 4.07. The molecule has 2 aliphatic carbocycles. The van der Waals surface area contributed by atoms with Crippen LogP contribution in [-0.4, -0.2) is 53.7 Å². The Morgan fingerprint density at radius 3 is 2.37 bits per heavy atom. The van der Waals surface area contributed by atoms with Crippen LogP contribution >= 0.6 is 0 Å². The first kappa shape index (κ1) is 23.4. The second kappa shape index (κ2) is 9.36. The van der Waals surface area contributed by atoms with Gasteiger partial charge in [0.25, 0.3) is 0 Å². The Bertz CT molecular complexity index is 1100. The highest BCUT2D eigenvalue weighted by Crippen LogP contribution is 2.49. The van der Waals surface area contributed by atoms with Crippen molar-refractivity contribution in [1.82, 2.24) is 10.2 Å². The molecule has 7 heteroatoms. The number of likely N-dealkylation sites (tertiary alicyclic amines) is 1. The molecule has 2 amide bonds. The topological polar surface area (TPSA) is 95.9 Å². The summed E-state index contributed by atoms with van der Waals surface area (Å²) in [4.78, 5) is 39.8. The number of carboxylic acid groups (broad SMARTS) is 1. The van der Waals surface area contributed by atoms with Gasteiger partial charge >= 0.3 is 12.1 Å². The third-order valence-electron chi connectivity index (χ3n) is 8.12. The number of aliphatic carboxylic acids is 1. The van der Waals surface area contributed by atoms with Gasteiger partial charge in [0.15, 0.2) is 0 Å². The highest BCUT2D eigenvalue weighted by molar-refractivity contribution is 5.87. The quantitative estimate of drug-likeness (QED) is 0.617. The number of hydrogen-bond donors (Lipinski definition) is 2. The van der Waals surface area contributed by atoms with Crippen LogP contribution in [0, 0.1) is 11.3 Å². The van der Waals surface area contributed by atoms with E-state index in [4.69, 9.17) is 4.74 Å². The molecule has 2 N–H and O–H groups in total. The van der Waals surface area contributed by atoms with E-state index >= 15 is 0 Å². The highest BCUT2D eigenvalue weighted by Gasteiger charge is 2.56. The lowest BCUT2D eigenvalue weighted by Crippen LogP contribution is -2.49. The molecule has 1 saturated carbocycles. The summed E-state index contributed by atoms with van der Waals surface area (Å²) in [6.45, 7) is 2.80. The van der Waals surface area contributed by atoms with Crippen molar-refractivity contribution in [2.24, 2.45) is 11.3 Å². The maximum Gasteiger partial charge on any atom is 0.407 e. The smallest absolute Gasteiger partial charge is 0.407 e. The summed E-state index contributed by atoms with van der Waals surface area (Å²) < 4.78 is 5.65. The minimum atomic E-state index is -0.837. The zero-order valence-corrected chi connectivity index (χ0v) is 20.0. The van der Waals surface area contributed by atoms with Crippen LogP contribution in [0.5, 0.6) is 0 Å². The van der Waals surface area contributed by atoms with Crippen LogP contribution in [0.4, 0.5) is 4.79 Å². The number of rotatable bonds is 7. The summed E-state index contributed by atoms with van der Waals surface area (Å²) in [5, 5.41) is 12.6. The zero-order valence-electron chi connectivity index (χ0n) is 20.0. The first-order valence-corrected chi connectivity index (χ1v) is 12.6. The average Bonchev–Trinajstić information content (AvgIpc) is 3.52. The lowest BCUT2D eigenvalue weighted by Gasteiger charge is -2.26. The van der Waals surface area contributed by atoms with E-state index in [9.17, 15) is 19.5 Å². The van der Waals surface area contributed by atoms with E-state index in [2.05, 4.69) is 29.6 Å². The molecule has 1 saturated heterocycles. The standard InChI is InChI=1S/C28H32N2O5/c1-2-8-24(25(31)30-15-18-9-7-14-28(18,17-30)26(32)33)29-27(34)35-16-23-21-12-5-3-10-19(21)20-11-4-6-13-22(20)23/h3-6,10-13,18,23-24H,2,7-9,14-17H2,1H3,(H,29,34)(H,32,33)/t18-,24+,28-/m1/s1. The molecule has 2 aromatic rings. The van der Waals surface area contributed by atoms with E-state index in [1.165, 1.54) is 0 Å². The van der Waals surface area contributed by atoms with Crippen LogP contribution < -0.4 is 5.32 Å². The Hall–Kier alpha value is -3.35. The van der Waals surface area contributed by atoms with E-state index in [-0.39, 0.29) is 30.9 Å². The van der Waals surface area contributed by atoms with Crippen LogP contribution in [0.2, 0.25) is 0 Å². The van der Waals surface area contributed by atoms with Crippen LogP contribution in [0.3, 0.4) is 0 Å². The van der Waals surface area contributed by atoms with Crippen molar-refractivity contribution in [2.45, 2.75) is 51.0 Å². The van der Waals surface area contributed by atoms with Gasteiger partial charge in [-0.2, -0.15) is 0 Å². The minimum absolute atomic E-state index is 0.0133. The summed E-state index contributed by atoms with van der Waals surface area (Å²) in [6, 6.07) is 15.6. The minimum Gasteiger partial charge on any atom is -0.481 e. The number of fused-ring (bicyclic) bond motifs is 4. The third-order valence-corrected chi connectivity index (χ3v) is 8.12. The Kier molecular flexibility index (Phi) is 6.26. The first-order valence-electron chi connectivity index (χ1n) is 12.6. The summed E-state index contributed by atoms with van der Waals surface area (Å²) >= 11 is 0. The van der Waals surface area contributed by atoms with Crippen molar-refractivity contribution >= 4 is 18.0 Å². The van der Waals surface area contributed by atoms with Crippen LogP contribution in [0.15, 0.2) is 48.5 Å². The molecule has 0 spiro atoms. The molecule has 184 valence electrons. The number of nitrogens with one attached hydrogen (secondary N) is 1. The predicted octanol–water partition coefficient (Wildman–Crippen LogP) is 4.41. The molecule has 5 rings (SSSR count). The maximum atomic E-state index is 13.3. The monoisotopic (exact) mass is 476 g/mol. The van der Waals surface area contributed by atoms with Gasteiger partial charge in [-0.3, -0.25) is 9.59 Å². The number of nitrogens with zero attached hydrogens (tertiary/aromatic N) is 1. The van der Waals surface area contributed by atoms with E-state index < -0.39 is 23.5 Å². The van der Waals surface area contributed by atoms with Gasteiger partial charge in [-0.1, -0.05) is 68.3 Å². The fourth-order valence-corrected chi connectivity index (χ4v) is 6.36. The van der Waals surface area contributed by atoms with Crippen molar-refractivity contribution in [1.29, 1.82) is 0 Å². The van der Waals surface area contributed by atoms with Gasteiger partial charge in [-0.25, -0.2) is 4.79 Å². The molecule has 35 heavy (non-hydrogen) atoms. The van der Waals surface area contributed by atoms with Crippen molar-refractivity contribution in [3.05, 3.63) is 59.7 Å². The Morgan fingerprint density at radius 2 is 1.77 bits per heavy atom. The van der Waals surface area contributed by atoms with Gasteiger partial charge in [0.1, 0.15) is 12.6 Å². The molecule has 2 fully saturated rings. The molecule has 7 nitrogen and oxygen atoms in total. The van der Waals surface area contributed by atoms with Gasteiger partial charge in [0.05, 0.1) is 5.41 Å². The molecule has 3 aliphatic rings. The van der Waals surface area contributed by atoms with E-state index in [1.807, 2.05) is 31.2 Å². The number of carbonyl (C=O) groups excluding carboxylic acids is 2. The van der Waals surface area contributed by atoms with Gasteiger partial charge < -0.3 is 20.1 Å². The fraction of sp³-hybridized carbons (Fsp3) is 0.464. The van der Waals surface area contributed by atoms with Gasteiger partial charge in [0, 0.05) is 19.0 Å². The second-order valence-corrected chi connectivity index (χ2v) is 10.1. The molecular weight excluding hydrogens is 444 g/mol. The normalized spacial score (nSPS) is 23.3. The van der Waals surface area contributed by atoms with Crippen LogP contribution in [0.25, 0.3) is 11.1 Å². The largest absolute Gasteiger partial charge is 0.481 e.